The van der Waals surface area contributed by atoms with Gasteiger partial charge in [-0.15, -0.1) is 5.10 Å². The van der Waals surface area contributed by atoms with Gasteiger partial charge in [0, 0.05) is 35.2 Å². The number of benzene rings is 2. The lowest BCUT2D eigenvalue weighted by atomic mass is 10.2. The van der Waals surface area contributed by atoms with Crippen LogP contribution in [0, 0.1) is 0 Å². The molecule has 24 heavy (non-hydrogen) atoms. The van der Waals surface area contributed by atoms with E-state index in [1.807, 2.05) is 36.4 Å². The van der Waals surface area contributed by atoms with E-state index in [9.17, 15) is 0 Å². The number of aromatic amines is 1. The normalized spacial score (nSPS) is 11.0. The number of anilines is 1. The maximum Gasteiger partial charge on any atom is 0.263 e. The van der Waals surface area contributed by atoms with Gasteiger partial charge in [0.05, 0.1) is 0 Å². The fourth-order valence-electron chi connectivity index (χ4n) is 2.82. The molecular weight excluding hydrogens is 324 g/mol. The molecule has 0 saturated heterocycles. The second kappa shape index (κ2) is 6.33. The number of hydrogen-bond donors (Lipinski definition) is 2. The molecule has 7 heteroatoms. The van der Waals surface area contributed by atoms with Gasteiger partial charge in [-0.1, -0.05) is 53.1 Å². The molecule has 6 nitrogen and oxygen atoms in total. The molecule has 2 aromatic carbocycles. The summed E-state index contributed by atoms with van der Waals surface area (Å²) in [6, 6.07) is 16.2. The summed E-state index contributed by atoms with van der Waals surface area (Å²) >= 11 is 6.31. The van der Waals surface area contributed by atoms with Gasteiger partial charge < -0.3 is 9.88 Å². The van der Waals surface area contributed by atoms with Gasteiger partial charge >= 0.3 is 0 Å². The number of rotatable bonds is 5. The van der Waals surface area contributed by atoms with Gasteiger partial charge in [-0.25, -0.2) is 0 Å². The molecule has 0 atom stereocenters. The first kappa shape index (κ1) is 14.7. The SMILES string of the molecule is Clc1ccccc1Cn1cc(CNc2nn[nH]n2)c2ccccc21. The summed E-state index contributed by atoms with van der Waals surface area (Å²) in [6.45, 7) is 1.35. The second-order valence-corrected chi connectivity index (χ2v) is 5.89. The van der Waals surface area contributed by atoms with Crippen molar-refractivity contribution in [3.63, 3.8) is 0 Å². The number of halogens is 1. The number of tetrazole rings is 1. The topological polar surface area (TPSA) is 71.4 Å². The average Bonchev–Trinajstić information content (AvgIpc) is 3.24. The van der Waals surface area contributed by atoms with Crippen LogP contribution in [0.25, 0.3) is 10.9 Å². The fraction of sp³-hybridized carbons (Fsp3) is 0.118. The number of fused-ring (bicyclic) bond motifs is 1. The Balaban J connectivity index is 1.67. The van der Waals surface area contributed by atoms with Crippen LogP contribution in [0.3, 0.4) is 0 Å². The highest BCUT2D eigenvalue weighted by Crippen LogP contribution is 2.24. The lowest BCUT2D eigenvalue weighted by molar-refractivity contribution is 0.831. The Morgan fingerprint density at radius 2 is 1.88 bits per heavy atom. The largest absolute Gasteiger partial charge is 0.347 e. The van der Waals surface area contributed by atoms with Gasteiger partial charge in [-0.05, 0) is 28.5 Å². The van der Waals surface area contributed by atoms with Gasteiger partial charge in [-0.2, -0.15) is 5.21 Å². The number of aromatic nitrogens is 5. The van der Waals surface area contributed by atoms with E-state index in [4.69, 9.17) is 11.6 Å². The highest BCUT2D eigenvalue weighted by Gasteiger charge is 2.10. The first-order valence-electron chi connectivity index (χ1n) is 7.59. The minimum Gasteiger partial charge on any atom is -0.347 e. The van der Waals surface area contributed by atoms with Crippen molar-refractivity contribution in [2.24, 2.45) is 0 Å². The molecule has 0 unspecified atom stereocenters. The molecular formula is C17H15ClN6. The van der Waals surface area contributed by atoms with Crippen LogP contribution in [0.2, 0.25) is 5.02 Å². The summed E-state index contributed by atoms with van der Waals surface area (Å²) < 4.78 is 2.21. The Hall–Kier alpha value is -2.86. The Morgan fingerprint density at radius 3 is 2.71 bits per heavy atom. The van der Waals surface area contributed by atoms with Crippen molar-refractivity contribution in [2.75, 3.05) is 5.32 Å². The van der Waals surface area contributed by atoms with Crippen LogP contribution in [0.5, 0.6) is 0 Å². The van der Waals surface area contributed by atoms with Gasteiger partial charge in [0.15, 0.2) is 0 Å². The zero-order chi connectivity index (χ0) is 16.4. The molecule has 0 aliphatic rings. The van der Waals surface area contributed by atoms with Crippen LogP contribution in [0.15, 0.2) is 54.7 Å². The Labute approximate surface area is 143 Å². The monoisotopic (exact) mass is 338 g/mol. The molecule has 4 rings (SSSR count). The smallest absolute Gasteiger partial charge is 0.263 e. The van der Waals surface area contributed by atoms with Gasteiger partial charge in [0.1, 0.15) is 0 Å². The predicted octanol–water partition coefficient (Wildman–Crippen LogP) is 3.47. The van der Waals surface area contributed by atoms with E-state index in [2.05, 4.69) is 48.8 Å². The fourth-order valence-corrected chi connectivity index (χ4v) is 3.01. The van der Waals surface area contributed by atoms with Crippen LogP contribution in [-0.2, 0) is 13.1 Å². The molecule has 0 bridgehead atoms. The summed E-state index contributed by atoms with van der Waals surface area (Å²) in [4.78, 5) is 0. The van der Waals surface area contributed by atoms with Crippen LogP contribution >= 0.6 is 11.6 Å². The third-order valence-electron chi connectivity index (χ3n) is 3.95. The van der Waals surface area contributed by atoms with E-state index < -0.39 is 0 Å². The van der Waals surface area contributed by atoms with Crippen molar-refractivity contribution in [3.8, 4) is 0 Å². The third kappa shape index (κ3) is 2.83. The van der Waals surface area contributed by atoms with Crippen LogP contribution in [0.1, 0.15) is 11.1 Å². The van der Waals surface area contributed by atoms with Crippen molar-refractivity contribution in [2.45, 2.75) is 13.1 Å². The minimum atomic E-state index is 0.484. The zero-order valence-electron chi connectivity index (χ0n) is 12.8. The molecule has 0 radical (unpaired) electrons. The molecule has 0 spiro atoms. The molecule has 0 aliphatic carbocycles. The van der Waals surface area contributed by atoms with Crippen LogP contribution in [0.4, 0.5) is 5.95 Å². The number of nitrogens with one attached hydrogen (secondary N) is 2. The first-order valence-corrected chi connectivity index (χ1v) is 7.96. The minimum absolute atomic E-state index is 0.484. The quantitative estimate of drug-likeness (QED) is 0.584. The number of nitrogens with zero attached hydrogens (tertiary/aromatic N) is 4. The molecule has 2 aromatic heterocycles. The standard InChI is InChI=1S/C17H15ClN6/c18-15-7-3-1-5-12(15)10-24-11-13(9-19-17-20-22-23-21-17)14-6-2-4-8-16(14)24/h1-8,11H,9-10H2,(H2,19,20,21,22,23). The zero-order valence-corrected chi connectivity index (χ0v) is 13.5. The molecule has 120 valence electrons. The molecule has 2 N–H and O–H groups in total. The molecule has 0 aliphatic heterocycles. The summed E-state index contributed by atoms with van der Waals surface area (Å²) in [5.74, 6) is 0.484. The Kier molecular flexibility index (Phi) is 3.88. The second-order valence-electron chi connectivity index (χ2n) is 5.48. The van der Waals surface area contributed by atoms with E-state index in [0.717, 1.165) is 17.1 Å². The van der Waals surface area contributed by atoms with Gasteiger partial charge in [-0.3, -0.25) is 0 Å². The van der Waals surface area contributed by atoms with Crippen molar-refractivity contribution in [1.29, 1.82) is 0 Å². The maximum absolute atomic E-state index is 6.31. The van der Waals surface area contributed by atoms with Crippen molar-refractivity contribution < 1.29 is 0 Å². The van der Waals surface area contributed by atoms with E-state index in [0.29, 0.717) is 12.5 Å². The molecule has 0 amide bonds. The van der Waals surface area contributed by atoms with E-state index in [1.54, 1.807) is 0 Å². The first-order chi connectivity index (χ1) is 11.8. The van der Waals surface area contributed by atoms with E-state index in [-0.39, 0.29) is 0 Å². The highest BCUT2D eigenvalue weighted by atomic mass is 35.5. The summed E-state index contributed by atoms with van der Waals surface area (Å²) in [5, 5.41) is 19.0. The predicted molar refractivity (Wildman–Crippen MR) is 94.0 cm³/mol. The molecule has 4 aromatic rings. The van der Waals surface area contributed by atoms with Crippen molar-refractivity contribution in [1.82, 2.24) is 25.2 Å². The highest BCUT2D eigenvalue weighted by molar-refractivity contribution is 6.31. The van der Waals surface area contributed by atoms with Crippen molar-refractivity contribution in [3.05, 3.63) is 70.9 Å². The Morgan fingerprint density at radius 1 is 1.04 bits per heavy atom. The summed E-state index contributed by atoms with van der Waals surface area (Å²) in [5.41, 5.74) is 3.43. The van der Waals surface area contributed by atoms with Gasteiger partial charge in [0.2, 0.25) is 0 Å². The third-order valence-corrected chi connectivity index (χ3v) is 4.32. The molecule has 0 fully saturated rings. The number of para-hydroxylation sites is 1. The van der Waals surface area contributed by atoms with Gasteiger partial charge in [0.25, 0.3) is 5.95 Å². The lowest BCUT2D eigenvalue weighted by Crippen LogP contribution is -2.01. The van der Waals surface area contributed by atoms with E-state index >= 15 is 0 Å². The number of H-pyrrole nitrogens is 1. The molecule has 0 saturated carbocycles. The van der Waals surface area contributed by atoms with Crippen LogP contribution < -0.4 is 5.32 Å². The van der Waals surface area contributed by atoms with E-state index in [1.165, 1.54) is 16.5 Å². The Bertz CT molecular complexity index is 960. The lowest BCUT2D eigenvalue weighted by Gasteiger charge is -2.07. The maximum atomic E-state index is 6.31. The average molecular weight is 339 g/mol. The summed E-state index contributed by atoms with van der Waals surface area (Å²) in [7, 11) is 0. The summed E-state index contributed by atoms with van der Waals surface area (Å²) in [6.07, 6.45) is 2.14. The molecule has 2 heterocycles. The number of hydrogen-bond acceptors (Lipinski definition) is 4. The van der Waals surface area contributed by atoms with Crippen LogP contribution in [-0.4, -0.2) is 25.2 Å². The van der Waals surface area contributed by atoms with Crippen molar-refractivity contribution >= 4 is 28.5 Å².